The van der Waals surface area contributed by atoms with Crippen LogP contribution in [0.2, 0.25) is 0 Å². The average molecular weight is 1340 g/mol. The lowest BCUT2D eigenvalue weighted by Crippen LogP contribution is -2.30. The van der Waals surface area contributed by atoms with E-state index in [0.717, 1.165) is 167 Å². The van der Waals surface area contributed by atoms with Crippen LogP contribution in [0, 0.1) is 0 Å². The first-order valence-electron chi connectivity index (χ1n) is 34.4. The minimum Gasteiger partial charge on any atom is -0.463 e. The summed E-state index contributed by atoms with van der Waals surface area (Å²) in [5.41, 5.74) is 0. The highest BCUT2D eigenvalue weighted by Crippen LogP contribution is 2.45. The van der Waals surface area contributed by atoms with E-state index < -0.39 is 91.5 Å². The minimum atomic E-state index is -4.95. The summed E-state index contributed by atoms with van der Waals surface area (Å²) in [6.45, 7) is 2.20. The van der Waals surface area contributed by atoms with E-state index >= 15 is 0 Å². The second-order valence-electron chi connectivity index (χ2n) is 22.2. The van der Waals surface area contributed by atoms with Gasteiger partial charge in [-0.2, -0.15) is 0 Å². The molecular weight excluding hydrogens is 1220 g/mol. The van der Waals surface area contributed by atoms with Crippen molar-refractivity contribution < 1.29 is 75.8 Å². The fraction of sp³-hybridized carbons (Fsp3) is 0.587. The molecule has 526 valence electrons. The lowest BCUT2D eigenvalue weighted by atomic mass is 10.1. The van der Waals surface area contributed by atoms with Gasteiger partial charge in [0.1, 0.15) is 25.4 Å². The largest absolute Gasteiger partial charge is 0.472 e. The van der Waals surface area contributed by atoms with Crippen molar-refractivity contribution in [3.63, 3.8) is 0 Å². The van der Waals surface area contributed by atoms with Crippen molar-refractivity contribution in [2.45, 2.75) is 245 Å². The third-order valence-electron chi connectivity index (χ3n) is 13.4. The first kappa shape index (κ1) is 87.9. The lowest BCUT2D eigenvalue weighted by Gasteiger charge is -2.21. The van der Waals surface area contributed by atoms with Gasteiger partial charge in [-0.15, -0.1) is 0 Å². The van der Waals surface area contributed by atoms with E-state index in [2.05, 4.69) is 191 Å². The number of phosphoric acid groups is 2. The molecule has 0 aliphatic carbocycles. The molecule has 0 amide bonds. The van der Waals surface area contributed by atoms with Crippen LogP contribution in [0.3, 0.4) is 0 Å². The van der Waals surface area contributed by atoms with Gasteiger partial charge in [0.25, 0.3) is 0 Å². The van der Waals surface area contributed by atoms with Crippen LogP contribution in [0.1, 0.15) is 226 Å². The lowest BCUT2D eigenvalue weighted by molar-refractivity contribution is -0.161. The maximum atomic E-state index is 12.9. The Kier molecular flexibility index (Phi) is 63.2. The standard InChI is InChI=1S/C75H120O16P2/c1-4-7-10-13-16-19-22-25-28-31-32-33-34-35-36-39-41-43-46-49-52-55-58-61-73(78)85-64-70(76)65-87-92(81,82)88-66-71(77)67-89-93(83,84)90-69-72(91-75(80)63-60-57-54-51-48-45-42-38-30-27-24-21-18-15-12-9-6-3)68-86-74(79)62-59-56-53-50-47-44-40-37-29-26-23-20-17-14-11-8-5-2/h7-12,16-21,25-30,32-33,35-36,40-45,70-72,76-77H,4-6,13-15,22-24,31,34,37-39,46-69H2,1-3H3,(H,81,82)(H,83,84)/b10-7-,11-8-,12-9-,19-16-,20-17-,21-18-,28-25-,29-26-,30-27-,33-32-,36-35-,43-41-,44-40-,45-42-. The Bertz CT molecular complexity index is 2370. The van der Waals surface area contributed by atoms with Crippen molar-refractivity contribution in [3.05, 3.63) is 170 Å². The van der Waals surface area contributed by atoms with Crippen LogP contribution in [0.4, 0.5) is 0 Å². The van der Waals surface area contributed by atoms with E-state index in [1.807, 2.05) is 0 Å². The zero-order valence-corrected chi connectivity index (χ0v) is 58.6. The molecule has 0 aliphatic rings. The summed E-state index contributed by atoms with van der Waals surface area (Å²) in [4.78, 5) is 58.4. The highest BCUT2D eigenvalue weighted by atomic mass is 31.2. The second-order valence-corrected chi connectivity index (χ2v) is 25.1. The molecule has 0 saturated heterocycles. The molecule has 93 heavy (non-hydrogen) atoms. The van der Waals surface area contributed by atoms with Crippen LogP contribution in [0.15, 0.2) is 170 Å². The number of hydrogen-bond donors (Lipinski definition) is 4. The van der Waals surface area contributed by atoms with Crippen molar-refractivity contribution in [3.8, 4) is 0 Å². The molecule has 0 bridgehead atoms. The third-order valence-corrected chi connectivity index (χ3v) is 15.3. The van der Waals surface area contributed by atoms with Crippen LogP contribution < -0.4 is 0 Å². The molecule has 0 saturated carbocycles. The van der Waals surface area contributed by atoms with Crippen molar-refractivity contribution in [1.82, 2.24) is 0 Å². The Labute approximate surface area is 561 Å². The van der Waals surface area contributed by atoms with Gasteiger partial charge in [0.05, 0.1) is 26.4 Å². The van der Waals surface area contributed by atoms with E-state index in [-0.39, 0.29) is 19.3 Å². The van der Waals surface area contributed by atoms with E-state index in [0.29, 0.717) is 19.3 Å². The van der Waals surface area contributed by atoms with Gasteiger partial charge in [0, 0.05) is 19.3 Å². The van der Waals surface area contributed by atoms with E-state index in [1.54, 1.807) is 0 Å². The number of allylic oxidation sites excluding steroid dienone is 28. The normalized spacial score (nSPS) is 15.2. The van der Waals surface area contributed by atoms with Crippen molar-refractivity contribution in [2.24, 2.45) is 0 Å². The van der Waals surface area contributed by atoms with Gasteiger partial charge < -0.3 is 34.2 Å². The van der Waals surface area contributed by atoms with E-state index in [4.69, 9.17) is 32.3 Å². The third kappa shape index (κ3) is 68.1. The number of ether oxygens (including phenoxy) is 3. The number of aliphatic hydroxyl groups excluding tert-OH is 2. The summed E-state index contributed by atoms with van der Waals surface area (Å²) < 4.78 is 60.9. The van der Waals surface area contributed by atoms with Crippen molar-refractivity contribution in [2.75, 3.05) is 39.6 Å². The van der Waals surface area contributed by atoms with E-state index in [1.165, 1.54) is 0 Å². The number of aliphatic hydroxyl groups is 2. The molecule has 0 rings (SSSR count). The van der Waals surface area contributed by atoms with Gasteiger partial charge in [-0.1, -0.05) is 229 Å². The molecule has 0 aliphatic heterocycles. The number of hydrogen-bond acceptors (Lipinski definition) is 14. The topological polar surface area (TPSA) is 231 Å². The number of rotatable bonds is 63. The SMILES string of the molecule is CC/C=C\C/C=C\C/C=C\C/C=C\C/C=C\C/C=C\CCCCCCC(=O)OCC(O)COP(=O)(O)OCC(O)COP(=O)(O)OCC(COC(=O)CCCCCC/C=C\C/C=C\C/C=C\C/C=C\CC)OC(=O)CCCCCC/C=C\C/C=C\C/C=C\C/C=C\CC. The Morgan fingerprint density at radius 2 is 0.538 bits per heavy atom. The molecule has 4 N–H and O–H groups in total. The summed E-state index contributed by atoms with van der Waals surface area (Å²) >= 11 is 0. The maximum Gasteiger partial charge on any atom is 0.472 e. The number of phosphoric ester groups is 2. The number of carbonyl (C=O) groups is 3. The maximum absolute atomic E-state index is 12.9. The van der Waals surface area contributed by atoms with Crippen LogP contribution in [-0.4, -0.2) is 95.9 Å². The van der Waals surface area contributed by atoms with Gasteiger partial charge in [0.15, 0.2) is 6.10 Å². The molecule has 16 nitrogen and oxygen atoms in total. The van der Waals surface area contributed by atoms with Crippen molar-refractivity contribution >= 4 is 33.6 Å². The zero-order chi connectivity index (χ0) is 68.1. The molecular formula is C75H120O16P2. The fourth-order valence-electron chi connectivity index (χ4n) is 8.26. The Balaban J connectivity index is 4.74. The number of unbranched alkanes of at least 4 members (excludes halogenated alkanes) is 12. The summed E-state index contributed by atoms with van der Waals surface area (Å²) in [6.07, 6.45) is 82.6. The molecule has 5 atom stereocenters. The zero-order valence-electron chi connectivity index (χ0n) is 56.9. The molecule has 0 aromatic heterocycles. The first-order chi connectivity index (χ1) is 45.2. The van der Waals surface area contributed by atoms with Gasteiger partial charge >= 0.3 is 33.6 Å². The van der Waals surface area contributed by atoms with Crippen LogP contribution in [-0.2, 0) is 55.8 Å². The van der Waals surface area contributed by atoms with Gasteiger partial charge in [0.2, 0.25) is 0 Å². The Morgan fingerprint density at radius 3 is 0.839 bits per heavy atom. The van der Waals surface area contributed by atoms with Gasteiger partial charge in [-0.25, -0.2) is 9.13 Å². The van der Waals surface area contributed by atoms with E-state index in [9.17, 15) is 43.5 Å². The highest BCUT2D eigenvalue weighted by molar-refractivity contribution is 7.47. The summed E-state index contributed by atoms with van der Waals surface area (Å²) in [6, 6.07) is 0. The molecule has 0 aromatic rings. The predicted octanol–water partition coefficient (Wildman–Crippen LogP) is 19.3. The van der Waals surface area contributed by atoms with Gasteiger partial charge in [-0.05, 0) is 148 Å². The Hall–Kier alpha value is -5.09. The summed E-state index contributed by atoms with van der Waals surface area (Å²) in [5.74, 6) is -1.67. The summed E-state index contributed by atoms with van der Waals surface area (Å²) in [5, 5.41) is 20.6. The quantitative estimate of drug-likeness (QED) is 0.0146. The molecule has 0 spiro atoms. The van der Waals surface area contributed by atoms with Crippen LogP contribution in [0.25, 0.3) is 0 Å². The smallest absolute Gasteiger partial charge is 0.463 e. The van der Waals surface area contributed by atoms with Crippen LogP contribution >= 0.6 is 15.6 Å². The second kappa shape index (κ2) is 66.9. The average Bonchev–Trinajstić information content (AvgIpc) is 3.73. The fourth-order valence-corrected chi connectivity index (χ4v) is 9.84. The summed E-state index contributed by atoms with van der Waals surface area (Å²) in [7, 11) is -9.82. The molecule has 0 radical (unpaired) electrons. The highest BCUT2D eigenvalue weighted by Gasteiger charge is 2.29. The molecule has 0 aromatic carbocycles. The monoisotopic (exact) mass is 1340 g/mol. The minimum absolute atomic E-state index is 0.0633. The molecule has 18 heteroatoms. The predicted molar refractivity (Wildman–Crippen MR) is 380 cm³/mol. The molecule has 0 fully saturated rings. The van der Waals surface area contributed by atoms with Crippen molar-refractivity contribution in [1.29, 1.82) is 0 Å². The number of carbonyl (C=O) groups excluding carboxylic acids is 3. The molecule has 5 unspecified atom stereocenters. The van der Waals surface area contributed by atoms with Crippen LogP contribution in [0.5, 0.6) is 0 Å². The molecule has 0 heterocycles. The van der Waals surface area contributed by atoms with Gasteiger partial charge in [-0.3, -0.25) is 32.5 Å². The number of esters is 3. The first-order valence-corrected chi connectivity index (χ1v) is 37.4. The Morgan fingerprint density at radius 1 is 0.301 bits per heavy atom.